The molecular formula is C13H18BrN5O. The van der Waals surface area contributed by atoms with E-state index in [4.69, 9.17) is 10.2 Å². The predicted molar refractivity (Wildman–Crippen MR) is 80.4 cm³/mol. The third kappa shape index (κ3) is 2.60. The van der Waals surface area contributed by atoms with Crippen molar-refractivity contribution in [2.45, 2.75) is 19.8 Å². The summed E-state index contributed by atoms with van der Waals surface area (Å²) >= 11 is 3.28. The summed E-state index contributed by atoms with van der Waals surface area (Å²) < 4.78 is 6.15. The molecule has 1 aliphatic heterocycles. The standard InChI is InChI=1S/C13H18BrN5O/c1-13(8-15)4-6-19(7-5-13)12-16-11(17-18-12)9-2-3-10(14)20-9/h2-3H,4-8,15H2,1H3,(H,16,17,18). The van der Waals surface area contributed by atoms with Gasteiger partial charge in [0, 0.05) is 13.1 Å². The molecule has 0 radical (unpaired) electrons. The number of piperidine rings is 1. The van der Waals surface area contributed by atoms with Gasteiger partial charge >= 0.3 is 0 Å². The van der Waals surface area contributed by atoms with E-state index >= 15 is 0 Å². The lowest BCUT2D eigenvalue weighted by Crippen LogP contribution is -2.42. The molecule has 0 aromatic carbocycles. The molecule has 108 valence electrons. The van der Waals surface area contributed by atoms with E-state index in [1.54, 1.807) is 0 Å². The van der Waals surface area contributed by atoms with Gasteiger partial charge in [-0.2, -0.15) is 4.98 Å². The second-order valence-electron chi connectivity index (χ2n) is 5.59. The highest BCUT2D eigenvalue weighted by Gasteiger charge is 2.30. The molecule has 0 unspecified atom stereocenters. The van der Waals surface area contributed by atoms with Gasteiger partial charge in [0.1, 0.15) is 0 Å². The van der Waals surface area contributed by atoms with Gasteiger partial charge in [-0.05, 0) is 52.9 Å². The fraction of sp³-hybridized carbons (Fsp3) is 0.538. The summed E-state index contributed by atoms with van der Waals surface area (Å²) in [6.45, 7) is 4.86. The van der Waals surface area contributed by atoms with Crippen LogP contribution in [0.25, 0.3) is 11.6 Å². The van der Waals surface area contributed by atoms with E-state index in [2.05, 4.69) is 42.9 Å². The number of aromatic amines is 1. The number of H-pyrrole nitrogens is 1. The van der Waals surface area contributed by atoms with Gasteiger partial charge in [-0.3, -0.25) is 5.10 Å². The summed E-state index contributed by atoms with van der Waals surface area (Å²) in [5.41, 5.74) is 6.08. The predicted octanol–water partition coefficient (Wildman–Crippen LogP) is 2.39. The SMILES string of the molecule is CC1(CN)CCN(c2n[nH]c(-c3ccc(Br)o3)n2)CC1. The third-order valence-electron chi connectivity index (χ3n) is 4.03. The molecule has 6 nitrogen and oxygen atoms in total. The van der Waals surface area contributed by atoms with Crippen LogP contribution in [0.3, 0.4) is 0 Å². The molecule has 1 saturated heterocycles. The molecule has 3 N–H and O–H groups in total. The maximum absolute atomic E-state index is 5.83. The number of halogens is 1. The van der Waals surface area contributed by atoms with Gasteiger partial charge < -0.3 is 15.1 Å². The molecule has 0 saturated carbocycles. The van der Waals surface area contributed by atoms with Gasteiger partial charge in [-0.25, -0.2) is 0 Å². The number of hydrogen-bond donors (Lipinski definition) is 2. The van der Waals surface area contributed by atoms with Crippen molar-refractivity contribution in [3.05, 3.63) is 16.8 Å². The maximum atomic E-state index is 5.83. The van der Waals surface area contributed by atoms with E-state index in [-0.39, 0.29) is 5.41 Å². The third-order valence-corrected chi connectivity index (χ3v) is 4.45. The minimum atomic E-state index is 0.252. The molecule has 0 bridgehead atoms. The molecule has 3 rings (SSSR count). The van der Waals surface area contributed by atoms with Crippen molar-refractivity contribution in [3.8, 4) is 11.6 Å². The summed E-state index contributed by atoms with van der Waals surface area (Å²) in [4.78, 5) is 6.69. The van der Waals surface area contributed by atoms with Crippen molar-refractivity contribution < 1.29 is 4.42 Å². The Hall–Kier alpha value is -1.34. The maximum Gasteiger partial charge on any atom is 0.245 e. The topological polar surface area (TPSA) is 84.0 Å². The Bertz CT molecular complexity index is 585. The second kappa shape index (κ2) is 5.21. The van der Waals surface area contributed by atoms with Gasteiger partial charge in [0.25, 0.3) is 0 Å². The Morgan fingerprint density at radius 1 is 1.45 bits per heavy atom. The fourth-order valence-corrected chi connectivity index (χ4v) is 2.70. The Kier molecular flexibility index (Phi) is 3.55. The molecule has 2 aromatic heterocycles. The summed E-state index contributed by atoms with van der Waals surface area (Å²) in [7, 11) is 0. The van der Waals surface area contributed by atoms with Crippen molar-refractivity contribution in [2.24, 2.45) is 11.1 Å². The minimum Gasteiger partial charge on any atom is -0.446 e. The minimum absolute atomic E-state index is 0.252. The number of anilines is 1. The quantitative estimate of drug-likeness (QED) is 0.896. The zero-order valence-electron chi connectivity index (χ0n) is 11.4. The number of furan rings is 1. The average molecular weight is 340 g/mol. The van der Waals surface area contributed by atoms with Crippen LogP contribution in [0.4, 0.5) is 5.95 Å². The van der Waals surface area contributed by atoms with E-state index < -0.39 is 0 Å². The zero-order valence-corrected chi connectivity index (χ0v) is 13.0. The first kappa shape index (κ1) is 13.6. The van der Waals surface area contributed by atoms with Crippen molar-refractivity contribution in [1.82, 2.24) is 15.2 Å². The number of rotatable bonds is 3. The Morgan fingerprint density at radius 3 is 2.80 bits per heavy atom. The lowest BCUT2D eigenvalue weighted by molar-refractivity contribution is 0.257. The first-order valence-corrected chi connectivity index (χ1v) is 7.52. The van der Waals surface area contributed by atoms with Crippen LogP contribution in [-0.4, -0.2) is 34.8 Å². The summed E-state index contributed by atoms with van der Waals surface area (Å²) in [6, 6.07) is 3.70. The number of nitrogens with zero attached hydrogens (tertiary/aromatic N) is 3. The molecule has 3 heterocycles. The van der Waals surface area contributed by atoms with Gasteiger partial charge in [0.05, 0.1) is 0 Å². The first-order chi connectivity index (χ1) is 9.59. The van der Waals surface area contributed by atoms with Gasteiger partial charge in [-0.1, -0.05) is 6.92 Å². The first-order valence-electron chi connectivity index (χ1n) is 6.73. The Balaban J connectivity index is 1.72. The average Bonchev–Trinajstić information content (AvgIpc) is 3.08. The zero-order chi connectivity index (χ0) is 14.2. The molecule has 2 aromatic rings. The largest absolute Gasteiger partial charge is 0.446 e. The van der Waals surface area contributed by atoms with E-state index in [9.17, 15) is 0 Å². The smallest absolute Gasteiger partial charge is 0.245 e. The van der Waals surface area contributed by atoms with E-state index in [1.165, 1.54) is 0 Å². The molecule has 1 fully saturated rings. The highest BCUT2D eigenvalue weighted by atomic mass is 79.9. The van der Waals surface area contributed by atoms with Crippen LogP contribution in [0.5, 0.6) is 0 Å². The summed E-state index contributed by atoms with van der Waals surface area (Å²) in [6.07, 6.45) is 2.14. The Morgan fingerprint density at radius 2 is 2.20 bits per heavy atom. The van der Waals surface area contributed by atoms with Crippen LogP contribution in [0.2, 0.25) is 0 Å². The molecule has 0 atom stereocenters. The van der Waals surface area contributed by atoms with Crippen molar-refractivity contribution in [3.63, 3.8) is 0 Å². The van der Waals surface area contributed by atoms with Crippen LogP contribution >= 0.6 is 15.9 Å². The van der Waals surface area contributed by atoms with Crippen LogP contribution in [0, 0.1) is 5.41 Å². The van der Waals surface area contributed by atoms with Gasteiger partial charge in [-0.15, -0.1) is 5.10 Å². The lowest BCUT2D eigenvalue weighted by Gasteiger charge is -2.38. The molecular weight excluding hydrogens is 322 g/mol. The number of aromatic nitrogens is 3. The highest BCUT2D eigenvalue weighted by molar-refractivity contribution is 9.10. The molecule has 20 heavy (non-hydrogen) atoms. The van der Waals surface area contributed by atoms with E-state index in [1.807, 2.05) is 12.1 Å². The van der Waals surface area contributed by atoms with Crippen molar-refractivity contribution in [2.75, 3.05) is 24.5 Å². The lowest BCUT2D eigenvalue weighted by atomic mass is 9.81. The van der Waals surface area contributed by atoms with Gasteiger partial charge in [0.2, 0.25) is 5.95 Å². The number of nitrogens with one attached hydrogen (secondary N) is 1. The van der Waals surface area contributed by atoms with Crippen molar-refractivity contribution in [1.29, 1.82) is 0 Å². The second-order valence-corrected chi connectivity index (χ2v) is 6.37. The summed E-state index contributed by atoms with van der Waals surface area (Å²) in [5, 5.41) is 7.21. The molecule has 0 amide bonds. The Labute approximate surface area is 125 Å². The summed E-state index contributed by atoms with van der Waals surface area (Å²) in [5.74, 6) is 2.06. The van der Waals surface area contributed by atoms with Crippen LogP contribution in [0.1, 0.15) is 19.8 Å². The highest BCUT2D eigenvalue weighted by Crippen LogP contribution is 2.31. The molecule has 1 aliphatic rings. The van der Waals surface area contributed by atoms with Crippen LogP contribution in [-0.2, 0) is 0 Å². The molecule has 0 spiro atoms. The number of hydrogen-bond acceptors (Lipinski definition) is 5. The molecule has 0 aliphatic carbocycles. The van der Waals surface area contributed by atoms with Gasteiger partial charge in [0.15, 0.2) is 16.3 Å². The van der Waals surface area contributed by atoms with Crippen LogP contribution in [0.15, 0.2) is 21.2 Å². The molecule has 7 heteroatoms. The number of nitrogens with two attached hydrogens (primary N) is 1. The van der Waals surface area contributed by atoms with E-state index in [0.29, 0.717) is 16.3 Å². The van der Waals surface area contributed by atoms with Crippen molar-refractivity contribution >= 4 is 21.9 Å². The normalized spacial score (nSPS) is 18.4. The fourth-order valence-electron chi connectivity index (χ4n) is 2.40. The van der Waals surface area contributed by atoms with Crippen LogP contribution < -0.4 is 10.6 Å². The monoisotopic (exact) mass is 339 g/mol. The van der Waals surface area contributed by atoms with E-state index in [0.717, 1.165) is 38.4 Å².